The van der Waals surface area contributed by atoms with Gasteiger partial charge < -0.3 is 14.4 Å². The topological polar surface area (TPSA) is 130 Å². The quantitative estimate of drug-likeness (QED) is 0.497. The number of hydrogen-bond donors (Lipinski definition) is 1. The number of allylic oxidation sites excluding steroid dienone is 1. The summed E-state index contributed by atoms with van der Waals surface area (Å²) in [4.78, 5) is 32.7. The molecule has 0 radical (unpaired) electrons. The molecule has 0 amide bonds. The van der Waals surface area contributed by atoms with E-state index in [4.69, 9.17) is 14.2 Å². The number of rotatable bonds is 1. The second-order valence-electron chi connectivity index (χ2n) is 15.7. The van der Waals surface area contributed by atoms with Crippen LogP contribution in [0.15, 0.2) is 16.2 Å². The number of ketones is 2. The fourth-order valence-corrected chi connectivity index (χ4v) is 11.0. The van der Waals surface area contributed by atoms with Crippen LogP contribution in [-0.2, 0) is 19.7 Å². The van der Waals surface area contributed by atoms with Crippen LogP contribution < -0.4 is 0 Å². The Morgan fingerprint density at radius 3 is 2.40 bits per heavy atom. The van der Waals surface area contributed by atoms with E-state index in [2.05, 4.69) is 38.9 Å². The van der Waals surface area contributed by atoms with E-state index in [1.807, 2.05) is 19.9 Å². The lowest BCUT2D eigenvalue weighted by Gasteiger charge is -2.68. The van der Waals surface area contributed by atoms with Crippen LogP contribution in [0.2, 0.25) is 0 Å². The molecule has 1 N–H and O–H groups in total. The van der Waals surface area contributed by atoms with Crippen molar-refractivity contribution < 1.29 is 24.0 Å². The predicted octanol–water partition coefficient (Wildman–Crippen LogP) is 4.79. The van der Waals surface area contributed by atoms with Gasteiger partial charge in [-0.1, -0.05) is 45.3 Å². The van der Waals surface area contributed by atoms with E-state index < -0.39 is 34.4 Å². The van der Waals surface area contributed by atoms with E-state index in [1.165, 1.54) is 0 Å². The number of carbonyl (C=O) groups excluding carboxylic acids is 2. The summed E-state index contributed by atoms with van der Waals surface area (Å²) >= 11 is 0. The maximum Gasteiger partial charge on any atom is 0.243 e. The van der Waals surface area contributed by atoms with Gasteiger partial charge in [0.2, 0.25) is 17.3 Å². The standard InChI is InChI=1S/C32H41N3O5/c1-17-34-25(40-35-17)31-12-10-26(2,3)15-18(31)22-19(36)14-21-27(4,28(22,5)11-13-31)9-8-20-29(21,6)24-32(16-33,39-24)23(37)30(20,7)38/h14,18,20,22,24,38H,8-13,15H2,1-7H3/t18-,20?,22-,24+,27+,28+,29-,30-,31-,32-/m0/s1. The number of epoxide rings is 1. The molecule has 0 bridgehead atoms. The van der Waals surface area contributed by atoms with Crippen LogP contribution in [0.3, 0.4) is 0 Å². The third-order valence-corrected chi connectivity index (χ3v) is 13.4. The van der Waals surface area contributed by atoms with Crippen molar-refractivity contribution in [3.63, 3.8) is 0 Å². The van der Waals surface area contributed by atoms with E-state index in [0.29, 0.717) is 18.1 Å². The Morgan fingerprint density at radius 2 is 1.75 bits per heavy atom. The van der Waals surface area contributed by atoms with Crippen molar-refractivity contribution in [2.24, 2.45) is 39.4 Å². The maximum absolute atomic E-state index is 14.6. The Hall–Kier alpha value is -2.37. The average Bonchev–Trinajstić information content (AvgIpc) is 3.50. The molecule has 10 atom stereocenters. The fourth-order valence-electron chi connectivity index (χ4n) is 11.0. The highest BCUT2D eigenvalue weighted by molar-refractivity contribution is 6.02. The van der Waals surface area contributed by atoms with Crippen molar-refractivity contribution in [2.75, 3.05) is 0 Å². The Morgan fingerprint density at radius 1 is 1.05 bits per heavy atom. The zero-order valence-corrected chi connectivity index (χ0v) is 24.8. The Labute approximate surface area is 235 Å². The molecule has 1 aliphatic heterocycles. The first-order valence-corrected chi connectivity index (χ1v) is 15.0. The highest BCUT2D eigenvalue weighted by Crippen LogP contribution is 2.76. The number of nitrogens with zero attached hydrogens (tertiary/aromatic N) is 3. The number of hydrogen-bond acceptors (Lipinski definition) is 8. The summed E-state index contributed by atoms with van der Waals surface area (Å²) in [5.74, 6) is 0.310. The third kappa shape index (κ3) is 2.75. The summed E-state index contributed by atoms with van der Waals surface area (Å²) in [7, 11) is 0. The minimum absolute atomic E-state index is 0.0638. The van der Waals surface area contributed by atoms with Crippen molar-refractivity contribution in [3.8, 4) is 6.07 Å². The molecular formula is C32H41N3O5. The summed E-state index contributed by atoms with van der Waals surface area (Å²) in [5, 5.41) is 25.8. The van der Waals surface area contributed by atoms with E-state index in [0.717, 1.165) is 44.1 Å². The van der Waals surface area contributed by atoms with Gasteiger partial charge in [0, 0.05) is 17.3 Å². The summed E-state index contributed by atoms with van der Waals surface area (Å²) in [6, 6.07) is 2.11. The first-order valence-electron chi connectivity index (χ1n) is 15.0. The third-order valence-electron chi connectivity index (χ3n) is 13.4. The average molecular weight is 548 g/mol. The van der Waals surface area contributed by atoms with Crippen LogP contribution in [0.1, 0.15) is 98.2 Å². The molecule has 40 heavy (non-hydrogen) atoms. The Balaban J connectivity index is 1.40. The number of ether oxygens (including phenoxy) is 1. The van der Waals surface area contributed by atoms with Crippen molar-refractivity contribution in [3.05, 3.63) is 23.4 Å². The molecule has 214 valence electrons. The van der Waals surface area contributed by atoms with E-state index >= 15 is 0 Å². The lowest BCUT2D eigenvalue weighted by molar-refractivity contribution is -0.175. The summed E-state index contributed by atoms with van der Waals surface area (Å²) in [5.41, 5.74) is -4.12. The molecule has 0 aromatic carbocycles. The van der Waals surface area contributed by atoms with Crippen molar-refractivity contribution in [1.82, 2.24) is 10.1 Å². The Bertz CT molecular complexity index is 1440. The SMILES string of the molecule is Cc1noc([C@]23CCC(C)(C)C[C@H]2[C@H]2C(=O)C=C4[C@]5(C)C(CC[C@@]4(C)[C@]2(C)CC3)[C@](C)(O)C(=O)[C@]2(C#N)O[C@@H]25)n1. The lowest BCUT2D eigenvalue weighted by atomic mass is 9.34. The number of aliphatic hydroxyl groups is 1. The number of nitriles is 1. The van der Waals surface area contributed by atoms with Gasteiger partial charge in [-0.25, -0.2) is 0 Å². The van der Waals surface area contributed by atoms with Gasteiger partial charge in [-0.05, 0) is 87.0 Å². The largest absolute Gasteiger partial charge is 0.382 e. The summed E-state index contributed by atoms with van der Waals surface area (Å²) in [6.07, 6.45) is 7.17. The molecule has 2 heterocycles. The highest BCUT2D eigenvalue weighted by Gasteiger charge is 2.83. The van der Waals surface area contributed by atoms with Crippen LogP contribution in [0, 0.1) is 57.7 Å². The number of aromatic nitrogens is 2. The molecule has 7 rings (SSSR count). The molecule has 4 saturated carbocycles. The number of aryl methyl sites for hydroxylation is 1. The monoisotopic (exact) mass is 547 g/mol. The van der Waals surface area contributed by atoms with Gasteiger partial charge in [-0.3, -0.25) is 9.59 Å². The Kier molecular flexibility index (Phi) is 4.86. The number of fused-ring (bicyclic) bond motifs is 9. The normalized spacial score (nSPS) is 52.2. The van der Waals surface area contributed by atoms with Gasteiger partial charge in [0.1, 0.15) is 17.8 Å². The zero-order valence-electron chi connectivity index (χ0n) is 24.8. The summed E-state index contributed by atoms with van der Waals surface area (Å²) < 4.78 is 11.9. The van der Waals surface area contributed by atoms with Crippen molar-refractivity contribution in [2.45, 2.75) is 116 Å². The molecule has 8 nitrogen and oxygen atoms in total. The highest BCUT2D eigenvalue weighted by atomic mass is 16.6. The summed E-state index contributed by atoms with van der Waals surface area (Å²) in [6.45, 7) is 14.6. The molecule has 5 aliphatic carbocycles. The predicted molar refractivity (Wildman–Crippen MR) is 144 cm³/mol. The van der Waals surface area contributed by atoms with Crippen LogP contribution in [0.4, 0.5) is 0 Å². The fraction of sp³-hybridized carbons (Fsp3) is 0.781. The van der Waals surface area contributed by atoms with Gasteiger partial charge >= 0.3 is 0 Å². The molecule has 6 aliphatic rings. The van der Waals surface area contributed by atoms with Crippen LogP contribution in [-0.4, -0.2) is 44.1 Å². The zero-order chi connectivity index (χ0) is 28.9. The minimum atomic E-state index is -1.70. The number of carbonyl (C=O) groups is 2. The maximum atomic E-state index is 14.6. The van der Waals surface area contributed by atoms with Gasteiger partial charge in [-0.15, -0.1) is 0 Å². The van der Waals surface area contributed by atoms with Gasteiger partial charge in [0.15, 0.2) is 11.6 Å². The second kappa shape index (κ2) is 7.33. The smallest absolute Gasteiger partial charge is 0.243 e. The molecule has 1 aromatic rings. The first kappa shape index (κ1) is 26.5. The van der Waals surface area contributed by atoms with E-state index in [-0.39, 0.29) is 39.3 Å². The van der Waals surface area contributed by atoms with E-state index in [1.54, 1.807) is 6.92 Å². The van der Waals surface area contributed by atoms with Crippen molar-refractivity contribution >= 4 is 11.6 Å². The van der Waals surface area contributed by atoms with Crippen LogP contribution in [0.5, 0.6) is 0 Å². The molecule has 5 fully saturated rings. The van der Waals surface area contributed by atoms with Crippen LogP contribution in [0.25, 0.3) is 0 Å². The van der Waals surface area contributed by atoms with Gasteiger partial charge in [-0.2, -0.15) is 10.2 Å². The number of Topliss-reactive ketones (excluding diaryl/α,β-unsaturated/α-hetero) is 1. The lowest BCUT2D eigenvalue weighted by Crippen LogP contribution is -2.69. The van der Waals surface area contributed by atoms with E-state index in [9.17, 15) is 20.0 Å². The molecule has 1 unspecified atom stereocenters. The van der Waals surface area contributed by atoms with Crippen LogP contribution >= 0.6 is 0 Å². The van der Waals surface area contributed by atoms with Gasteiger partial charge in [0.05, 0.1) is 5.41 Å². The molecule has 1 saturated heterocycles. The van der Waals surface area contributed by atoms with Crippen molar-refractivity contribution in [1.29, 1.82) is 5.26 Å². The minimum Gasteiger partial charge on any atom is -0.382 e. The van der Waals surface area contributed by atoms with Gasteiger partial charge in [0.25, 0.3) is 0 Å². The molecule has 8 heteroatoms. The molecule has 1 aromatic heterocycles. The first-order chi connectivity index (χ1) is 18.5. The second-order valence-corrected chi connectivity index (χ2v) is 15.7. The molecule has 0 spiro atoms. The molecular weight excluding hydrogens is 506 g/mol.